The van der Waals surface area contributed by atoms with Crippen LogP contribution >= 0.6 is 15.9 Å². The van der Waals surface area contributed by atoms with Gasteiger partial charge in [-0.25, -0.2) is 4.39 Å². The van der Waals surface area contributed by atoms with Crippen LogP contribution in [0.15, 0.2) is 22.7 Å². The summed E-state index contributed by atoms with van der Waals surface area (Å²) in [5, 5.41) is 3.15. The van der Waals surface area contributed by atoms with E-state index in [2.05, 4.69) is 28.2 Å². The van der Waals surface area contributed by atoms with E-state index in [1.165, 1.54) is 0 Å². The number of hydrogen-bond acceptors (Lipinski definition) is 1. The quantitative estimate of drug-likeness (QED) is 0.891. The summed E-state index contributed by atoms with van der Waals surface area (Å²) in [5.41, 5.74) is 0.888. The zero-order chi connectivity index (χ0) is 11.1. The highest BCUT2D eigenvalue weighted by atomic mass is 79.9. The summed E-state index contributed by atoms with van der Waals surface area (Å²) in [4.78, 5) is 0. The van der Waals surface area contributed by atoms with Crippen molar-refractivity contribution < 1.29 is 4.39 Å². The fourth-order valence-corrected chi connectivity index (χ4v) is 2.61. The minimum atomic E-state index is -0.0921. The van der Waals surface area contributed by atoms with Crippen LogP contribution < -0.4 is 5.32 Å². The van der Waals surface area contributed by atoms with Gasteiger partial charge in [0.1, 0.15) is 5.82 Å². The summed E-state index contributed by atoms with van der Waals surface area (Å²) in [5.74, 6) is 0.476. The van der Waals surface area contributed by atoms with Gasteiger partial charge in [-0.05, 0) is 49.0 Å². The SMILES string of the molecule is CNCC1CC1(C)c1ccc(Br)cc1F. The summed E-state index contributed by atoms with van der Waals surface area (Å²) < 4.78 is 14.6. The highest BCUT2D eigenvalue weighted by Crippen LogP contribution is 2.54. The molecule has 2 rings (SSSR count). The third kappa shape index (κ3) is 1.95. The Hall–Kier alpha value is -0.410. The third-order valence-corrected chi connectivity index (χ3v) is 3.90. The Bertz CT molecular complexity index is 380. The van der Waals surface area contributed by atoms with Gasteiger partial charge >= 0.3 is 0 Å². The van der Waals surface area contributed by atoms with Crippen LogP contribution in [0.25, 0.3) is 0 Å². The number of rotatable bonds is 3. The molecule has 82 valence electrons. The zero-order valence-corrected chi connectivity index (χ0v) is 10.6. The molecule has 0 spiro atoms. The average Bonchev–Trinajstić information content (AvgIpc) is 2.78. The van der Waals surface area contributed by atoms with Crippen LogP contribution in [0.2, 0.25) is 0 Å². The van der Waals surface area contributed by atoms with Crippen molar-refractivity contribution in [2.45, 2.75) is 18.8 Å². The highest BCUT2D eigenvalue weighted by molar-refractivity contribution is 9.10. The molecule has 0 amide bonds. The minimum absolute atomic E-state index is 0.0355. The lowest BCUT2D eigenvalue weighted by atomic mass is 9.95. The molecule has 0 radical (unpaired) electrons. The van der Waals surface area contributed by atoms with Crippen molar-refractivity contribution in [3.05, 3.63) is 34.1 Å². The van der Waals surface area contributed by atoms with Crippen LogP contribution in [-0.2, 0) is 5.41 Å². The molecule has 0 aromatic heterocycles. The van der Waals surface area contributed by atoms with E-state index in [0.717, 1.165) is 23.0 Å². The molecule has 1 aliphatic carbocycles. The number of hydrogen-bond donors (Lipinski definition) is 1. The molecule has 1 aromatic rings. The van der Waals surface area contributed by atoms with Crippen molar-refractivity contribution in [1.29, 1.82) is 0 Å². The molecule has 1 aromatic carbocycles. The van der Waals surface area contributed by atoms with E-state index in [0.29, 0.717) is 5.92 Å². The van der Waals surface area contributed by atoms with Crippen molar-refractivity contribution in [3.63, 3.8) is 0 Å². The number of halogens is 2. The molecule has 2 atom stereocenters. The molecule has 0 aliphatic heterocycles. The third-order valence-electron chi connectivity index (χ3n) is 3.41. The molecule has 0 bridgehead atoms. The average molecular weight is 272 g/mol. The lowest BCUT2D eigenvalue weighted by molar-refractivity contribution is 0.554. The molecular weight excluding hydrogens is 257 g/mol. The fraction of sp³-hybridized carbons (Fsp3) is 0.500. The topological polar surface area (TPSA) is 12.0 Å². The molecule has 0 heterocycles. The highest BCUT2D eigenvalue weighted by Gasteiger charge is 2.51. The molecular formula is C12H15BrFN. The van der Waals surface area contributed by atoms with Crippen LogP contribution in [0.1, 0.15) is 18.9 Å². The Labute approximate surface area is 98.2 Å². The van der Waals surface area contributed by atoms with Gasteiger partial charge in [-0.15, -0.1) is 0 Å². The first kappa shape index (κ1) is 11.1. The van der Waals surface area contributed by atoms with Gasteiger partial charge in [-0.1, -0.05) is 28.9 Å². The van der Waals surface area contributed by atoms with Gasteiger partial charge in [-0.3, -0.25) is 0 Å². The first-order valence-electron chi connectivity index (χ1n) is 5.18. The maximum atomic E-state index is 13.7. The second-order valence-corrected chi connectivity index (χ2v) is 5.42. The normalized spacial score (nSPS) is 29.2. The van der Waals surface area contributed by atoms with Gasteiger partial charge in [0.15, 0.2) is 0 Å². The van der Waals surface area contributed by atoms with Crippen molar-refractivity contribution in [1.82, 2.24) is 5.32 Å². The Kier molecular flexibility index (Phi) is 2.86. The predicted molar refractivity (Wildman–Crippen MR) is 63.5 cm³/mol. The maximum absolute atomic E-state index is 13.7. The van der Waals surface area contributed by atoms with Crippen LogP contribution in [-0.4, -0.2) is 13.6 Å². The van der Waals surface area contributed by atoms with Gasteiger partial charge in [0.05, 0.1) is 0 Å². The summed E-state index contributed by atoms with van der Waals surface area (Å²) in [6, 6.07) is 5.36. The smallest absolute Gasteiger partial charge is 0.128 e. The summed E-state index contributed by atoms with van der Waals surface area (Å²) in [6.07, 6.45) is 1.08. The first-order valence-corrected chi connectivity index (χ1v) is 5.97. The molecule has 2 unspecified atom stereocenters. The second kappa shape index (κ2) is 3.87. The van der Waals surface area contributed by atoms with E-state index in [1.807, 2.05) is 19.2 Å². The number of nitrogens with one attached hydrogen (secondary N) is 1. The van der Waals surface area contributed by atoms with Crippen LogP contribution in [0.3, 0.4) is 0 Å². The van der Waals surface area contributed by atoms with Gasteiger partial charge in [0.2, 0.25) is 0 Å². The molecule has 1 aliphatic rings. The van der Waals surface area contributed by atoms with Crippen LogP contribution in [0, 0.1) is 11.7 Å². The molecule has 1 saturated carbocycles. The van der Waals surface area contributed by atoms with Gasteiger partial charge in [-0.2, -0.15) is 0 Å². The van der Waals surface area contributed by atoms with Gasteiger partial charge < -0.3 is 5.32 Å². The van der Waals surface area contributed by atoms with Crippen molar-refractivity contribution in [2.24, 2.45) is 5.92 Å². The Morgan fingerprint density at radius 1 is 1.60 bits per heavy atom. The lowest BCUT2D eigenvalue weighted by Crippen LogP contribution is -2.16. The Morgan fingerprint density at radius 3 is 2.93 bits per heavy atom. The molecule has 1 nitrogen and oxygen atoms in total. The van der Waals surface area contributed by atoms with Crippen molar-refractivity contribution in [3.8, 4) is 0 Å². The largest absolute Gasteiger partial charge is 0.319 e. The summed E-state index contributed by atoms with van der Waals surface area (Å²) >= 11 is 3.28. The summed E-state index contributed by atoms with van der Waals surface area (Å²) in [6.45, 7) is 3.10. The summed E-state index contributed by atoms with van der Waals surface area (Å²) in [7, 11) is 1.94. The van der Waals surface area contributed by atoms with E-state index >= 15 is 0 Å². The monoisotopic (exact) mass is 271 g/mol. The Balaban J connectivity index is 2.24. The molecule has 0 saturated heterocycles. The van der Waals surface area contributed by atoms with Gasteiger partial charge in [0.25, 0.3) is 0 Å². The van der Waals surface area contributed by atoms with E-state index < -0.39 is 0 Å². The number of benzene rings is 1. The Morgan fingerprint density at radius 2 is 2.33 bits per heavy atom. The zero-order valence-electron chi connectivity index (χ0n) is 8.98. The molecule has 1 fully saturated rings. The van der Waals surface area contributed by atoms with Gasteiger partial charge in [0, 0.05) is 4.47 Å². The van der Waals surface area contributed by atoms with E-state index in [1.54, 1.807) is 6.07 Å². The lowest BCUT2D eigenvalue weighted by Gasteiger charge is -2.13. The fourth-order valence-electron chi connectivity index (χ4n) is 2.28. The first-order chi connectivity index (χ1) is 7.08. The van der Waals surface area contributed by atoms with E-state index in [-0.39, 0.29) is 11.2 Å². The second-order valence-electron chi connectivity index (χ2n) is 4.50. The van der Waals surface area contributed by atoms with E-state index in [9.17, 15) is 4.39 Å². The van der Waals surface area contributed by atoms with Crippen molar-refractivity contribution >= 4 is 15.9 Å². The minimum Gasteiger partial charge on any atom is -0.319 e. The van der Waals surface area contributed by atoms with Crippen LogP contribution in [0.5, 0.6) is 0 Å². The molecule has 3 heteroatoms. The van der Waals surface area contributed by atoms with Crippen molar-refractivity contribution in [2.75, 3.05) is 13.6 Å². The molecule has 1 N–H and O–H groups in total. The standard InChI is InChI=1S/C12H15BrFN/c1-12(6-8(12)7-15-2)10-4-3-9(13)5-11(10)14/h3-5,8,15H,6-7H2,1-2H3. The van der Waals surface area contributed by atoms with Crippen LogP contribution in [0.4, 0.5) is 4.39 Å². The molecule has 15 heavy (non-hydrogen) atoms. The predicted octanol–water partition coefficient (Wildman–Crippen LogP) is 3.09. The van der Waals surface area contributed by atoms with E-state index in [4.69, 9.17) is 0 Å². The maximum Gasteiger partial charge on any atom is 0.128 e.